The largest absolute Gasteiger partial charge is 0.454 e. The summed E-state index contributed by atoms with van der Waals surface area (Å²) in [6.07, 6.45) is 0.400. The van der Waals surface area contributed by atoms with Crippen LogP contribution in [0.5, 0.6) is 0 Å². The number of carbonyl (C=O) groups excluding carboxylic acids is 2. The number of hydrogen-bond acceptors (Lipinski definition) is 4. The molecule has 0 atom stereocenters. The normalized spacial score (nSPS) is 16.0. The van der Waals surface area contributed by atoms with Crippen LogP contribution in [0.2, 0.25) is 0 Å². The molecular weight excluding hydrogens is 509 g/mol. The second-order valence-corrected chi connectivity index (χ2v) is 10.3. The number of amides is 2. The Labute approximate surface area is 225 Å². The van der Waals surface area contributed by atoms with Gasteiger partial charge < -0.3 is 23.7 Å². The highest BCUT2D eigenvalue weighted by atomic mass is 19.4. The van der Waals surface area contributed by atoms with Crippen LogP contribution in [-0.4, -0.2) is 58.9 Å². The minimum absolute atomic E-state index is 0.172. The fraction of sp³-hybridized carbons (Fsp3) is 0.448. The van der Waals surface area contributed by atoms with Crippen molar-refractivity contribution in [2.24, 2.45) is 5.92 Å². The average Bonchev–Trinajstić information content (AvgIpc) is 3.53. The van der Waals surface area contributed by atoms with Gasteiger partial charge in [-0.3, -0.25) is 9.59 Å². The molecule has 208 valence electrons. The molecule has 2 aliphatic rings. The Morgan fingerprint density at radius 1 is 1.03 bits per heavy atom. The molecule has 1 aliphatic carbocycles. The standard InChI is InChI=1S/C29H33F3N4O3/c1-2-12-36(27(37)21-8-9-21)19-24-7-4-13-35(24)20-25-10-11-26(39-25)28(38)34-16-14-33(15-17-34)23-6-3-5-22(18-23)29(30,31)32/h3-7,10-11,13,18,21H,2,8-9,12,14-17,19-20H2,1H3. The highest BCUT2D eigenvalue weighted by molar-refractivity contribution is 5.91. The van der Waals surface area contributed by atoms with Gasteiger partial charge in [0.1, 0.15) is 5.76 Å². The van der Waals surface area contributed by atoms with Gasteiger partial charge >= 0.3 is 6.18 Å². The second-order valence-electron chi connectivity index (χ2n) is 10.3. The van der Waals surface area contributed by atoms with E-state index in [1.807, 2.05) is 32.7 Å². The zero-order valence-electron chi connectivity index (χ0n) is 22.0. The molecule has 3 aromatic rings. The van der Waals surface area contributed by atoms with Crippen molar-refractivity contribution in [2.45, 2.75) is 45.5 Å². The molecule has 0 radical (unpaired) electrons. The topological polar surface area (TPSA) is 61.9 Å². The summed E-state index contributed by atoms with van der Waals surface area (Å²) in [5, 5.41) is 0. The molecule has 1 saturated heterocycles. The lowest BCUT2D eigenvalue weighted by molar-refractivity contribution is -0.137. The Bertz CT molecular complexity index is 1300. The number of aromatic nitrogens is 1. The minimum Gasteiger partial charge on any atom is -0.454 e. The fourth-order valence-corrected chi connectivity index (χ4v) is 5.02. The first-order valence-corrected chi connectivity index (χ1v) is 13.5. The van der Waals surface area contributed by atoms with E-state index in [9.17, 15) is 22.8 Å². The van der Waals surface area contributed by atoms with Crippen molar-refractivity contribution >= 4 is 17.5 Å². The maximum absolute atomic E-state index is 13.1. The molecule has 0 spiro atoms. The summed E-state index contributed by atoms with van der Waals surface area (Å²) in [6, 6.07) is 12.7. The van der Waals surface area contributed by atoms with Crippen LogP contribution >= 0.6 is 0 Å². The van der Waals surface area contributed by atoms with E-state index in [1.54, 1.807) is 23.1 Å². The van der Waals surface area contributed by atoms with E-state index in [-0.39, 0.29) is 23.5 Å². The van der Waals surface area contributed by atoms with Crippen LogP contribution in [-0.2, 0) is 24.1 Å². The molecule has 1 saturated carbocycles. The van der Waals surface area contributed by atoms with Gasteiger partial charge in [-0.05, 0) is 61.7 Å². The Morgan fingerprint density at radius 3 is 2.49 bits per heavy atom. The molecule has 5 rings (SSSR count). The Hall–Kier alpha value is -3.69. The number of carbonyl (C=O) groups is 2. The fourth-order valence-electron chi connectivity index (χ4n) is 5.02. The van der Waals surface area contributed by atoms with Crippen LogP contribution in [0.15, 0.2) is 59.1 Å². The molecule has 2 fully saturated rings. The number of nitrogens with zero attached hydrogens (tertiary/aromatic N) is 4. The lowest BCUT2D eigenvalue weighted by atomic mass is 10.1. The van der Waals surface area contributed by atoms with Gasteiger partial charge in [-0.2, -0.15) is 13.2 Å². The quantitative estimate of drug-likeness (QED) is 0.370. The van der Waals surface area contributed by atoms with Crippen molar-refractivity contribution in [3.05, 3.63) is 77.5 Å². The predicted octanol–water partition coefficient (Wildman–Crippen LogP) is 5.26. The van der Waals surface area contributed by atoms with Crippen molar-refractivity contribution in [2.75, 3.05) is 37.6 Å². The van der Waals surface area contributed by atoms with Gasteiger partial charge in [-0.15, -0.1) is 0 Å². The van der Waals surface area contributed by atoms with E-state index in [1.165, 1.54) is 6.07 Å². The summed E-state index contributed by atoms with van der Waals surface area (Å²) in [7, 11) is 0. The summed E-state index contributed by atoms with van der Waals surface area (Å²) in [6.45, 7) is 5.40. The van der Waals surface area contributed by atoms with E-state index < -0.39 is 11.7 Å². The minimum atomic E-state index is -4.39. The smallest absolute Gasteiger partial charge is 0.416 e. The third-order valence-corrected chi connectivity index (χ3v) is 7.31. The molecule has 1 aliphatic heterocycles. The van der Waals surface area contributed by atoms with E-state index in [4.69, 9.17) is 4.42 Å². The Kier molecular flexibility index (Phi) is 7.72. The molecule has 1 aromatic carbocycles. The van der Waals surface area contributed by atoms with Gasteiger partial charge in [0.25, 0.3) is 5.91 Å². The molecule has 39 heavy (non-hydrogen) atoms. The number of alkyl halides is 3. The first kappa shape index (κ1) is 26.9. The summed E-state index contributed by atoms with van der Waals surface area (Å²) in [5.41, 5.74) is 0.823. The molecule has 0 unspecified atom stereocenters. The monoisotopic (exact) mass is 542 g/mol. The first-order chi connectivity index (χ1) is 18.7. The highest BCUT2D eigenvalue weighted by Crippen LogP contribution is 2.33. The molecule has 2 amide bonds. The summed E-state index contributed by atoms with van der Waals surface area (Å²) in [4.78, 5) is 31.2. The zero-order valence-corrected chi connectivity index (χ0v) is 22.0. The number of rotatable bonds is 9. The van der Waals surface area contributed by atoms with Crippen LogP contribution in [0.4, 0.5) is 18.9 Å². The van der Waals surface area contributed by atoms with Crippen molar-refractivity contribution < 1.29 is 27.2 Å². The van der Waals surface area contributed by atoms with Crippen molar-refractivity contribution in [1.29, 1.82) is 0 Å². The molecule has 0 bridgehead atoms. The third-order valence-electron chi connectivity index (χ3n) is 7.31. The SMILES string of the molecule is CCCN(Cc1cccn1Cc1ccc(C(=O)N2CCN(c3cccc(C(F)(F)F)c3)CC2)o1)C(=O)C1CC1. The number of furan rings is 1. The number of hydrogen-bond donors (Lipinski definition) is 0. The van der Waals surface area contributed by atoms with E-state index in [0.29, 0.717) is 50.7 Å². The van der Waals surface area contributed by atoms with Gasteiger partial charge in [0.15, 0.2) is 5.76 Å². The van der Waals surface area contributed by atoms with Gasteiger partial charge in [-0.1, -0.05) is 13.0 Å². The van der Waals surface area contributed by atoms with Crippen LogP contribution in [0.3, 0.4) is 0 Å². The lowest BCUT2D eigenvalue weighted by Gasteiger charge is -2.36. The Balaban J connectivity index is 1.18. The average molecular weight is 543 g/mol. The van der Waals surface area contributed by atoms with Gasteiger partial charge in [0.05, 0.1) is 18.7 Å². The number of piperazine rings is 1. The van der Waals surface area contributed by atoms with Crippen LogP contribution in [0.1, 0.15) is 53.8 Å². The maximum atomic E-state index is 13.1. The van der Waals surface area contributed by atoms with Gasteiger partial charge in [-0.25, -0.2) is 0 Å². The van der Waals surface area contributed by atoms with Crippen LogP contribution in [0, 0.1) is 5.92 Å². The molecule has 3 heterocycles. The highest BCUT2D eigenvalue weighted by Gasteiger charge is 2.34. The second kappa shape index (κ2) is 11.2. The lowest BCUT2D eigenvalue weighted by Crippen LogP contribution is -2.48. The number of anilines is 1. The zero-order chi connectivity index (χ0) is 27.6. The molecule has 10 heteroatoms. The van der Waals surface area contributed by atoms with Crippen molar-refractivity contribution in [3.8, 4) is 0 Å². The van der Waals surface area contributed by atoms with Gasteiger partial charge in [0, 0.05) is 56.2 Å². The van der Waals surface area contributed by atoms with Crippen molar-refractivity contribution in [1.82, 2.24) is 14.4 Å². The van der Waals surface area contributed by atoms with Crippen LogP contribution in [0.25, 0.3) is 0 Å². The third kappa shape index (κ3) is 6.32. The van der Waals surface area contributed by atoms with Crippen molar-refractivity contribution in [3.63, 3.8) is 0 Å². The first-order valence-electron chi connectivity index (χ1n) is 13.5. The van der Waals surface area contributed by atoms with E-state index >= 15 is 0 Å². The molecule has 0 N–H and O–H groups in total. The van der Waals surface area contributed by atoms with E-state index in [2.05, 4.69) is 6.92 Å². The maximum Gasteiger partial charge on any atom is 0.416 e. The van der Waals surface area contributed by atoms with E-state index in [0.717, 1.165) is 43.6 Å². The Morgan fingerprint density at radius 2 is 1.79 bits per heavy atom. The number of benzene rings is 1. The molecule has 7 nitrogen and oxygen atoms in total. The molecular formula is C29H33F3N4O3. The number of halogens is 3. The van der Waals surface area contributed by atoms with Gasteiger partial charge in [0.2, 0.25) is 5.91 Å². The van der Waals surface area contributed by atoms with Crippen LogP contribution < -0.4 is 4.90 Å². The summed E-state index contributed by atoms with van der Waals surface area (Å²) in [5.74, 6) is 1.03. The molecule has 2 aromatic heterocycles. The summed E-state index contributed by atoms with van der Waals surface area (Å²) >= 11 is 0. The predicted molar refractivity (Wildman–Crippen MR) is 140 cm³/mol. The summed E-state index contributed by atoms with van der Waals surface area (Å²) < 4.78 is 47.2.